The van der Waals surface area contributed by atoms with E-state index in [2.05, 4.69) is 29.1 Å². The highest BCUT2D eigenvalue weighted by molar-refractivity contribution is 6.32. The summed E-state index contributed by atoms with van der Waals surface area (Å²) in [6, 6.07) is 16.2. The molecular formula is C21H21Cl2N3. The molecule has 2 aliphatic rings. The van der Waals surface area contributed by atoms with Crippen LogP contribution in [0.4, 0.5) is 0 Å². The average molecular weight is 386 g/mol. The number of piperidine rings is 1. The van der Waals surface area contributed by atoms with Crippen molar-refractivity contribution in [2.24, 2.45) is 11.0 Å². The van der Waals surface area contributed by atoms with Gasteiger partial charge >= 0.3 is 0 Å². The molecule has 2 atom stereocenters. The number of halogens is 2. The molecule has 0 saturated carbocycles. The third kappa shape index (κ3) is 3.16. The zero-order valence-electron chi connectivity index (χ0n) is 14.9. The van der Waals surface area contributed by atoms with Crippen molar-refractivity contribution in [2.75, 3.05) is 27.2 Å². The van der Waals surface area contributed by atoms with Crippen molar-refractivity contribution in [1.82, 2.24) is 9.91 Å². The minimum atomic E-state index is 0.149. The van der Waals surface area contributed by atoms with E-state index in [9.17, 15) is 0 Å². The summed E-state index contributed by atoms with van der Waals surface area (Å²) in [6.07, 6.45) is 2.17. The Morgan fingerprint density at radius 2 is 1.69 bits per heavy atom. The first-order chi connectivity index (χ1) is 12.5. The molecule has 0 aromatic heterocycles. The molecule has 0 radical (unpaired) electrons. The van der Waals surface area contributed by atoms with Gasteiger partial charge in [0.05, 0.1) is 11.8 Å². The van der Waals surface area contributed by atoms with Gasteiger partial charge in [-0.1, -0.05) is 59.6 Å². The van der Waals surface area contributed by atoms with Crippen molar-refractivity contribution >= 4 is 35.0 Å². The molecule has 2 heterocycles. The van der Waals surface area contributed by atoms with Crippen LogP contribution in [0.5, 0.6) is 0 Å². The number of likely N-dealkylation sites (tertiary alicyclic amines) is 1. The first-order valence-corrected chi connectivity index (χ1v) is 9.50. The lowest BCUT2D eigenvalue weighted by Crippen LogP contribution is -2.41. The Morgan fingerprint density at radius 1 is 1.00 bits per heavy atom. The van der Waals surface area contributed by atoms with E-state index in [-0.39, 0.29) is 12.0 Å². The minimum Gasteiger partial charge on any atom is -0.301 e. The molecule has 4 rings (SSSR count). The maximum absolute atomic E-state index is 6.50. The van der Waals surface area contributed by atoms with E-state index < -0.39 is 0 Å². The van der Waals surface area contributed by atoms with Crippen LogP contribution in [-0.2, 0) is 0 Å². The smallest absolute Gasteiger partial charge is 0.0827 e. The minimum absolute atomic E-state index is 0.149. The van der Waals surface area contributed by atoms with Crippen molar-refractivity contribution in [3.05, 3.63) is 75.3 Å². The van der Waals surface area contributed by atoms with Crippen molar-refractivity contribution < 1.29 is 0 Å². The topological polar surface area (TPSA) is 18.8 Å². The second-order valence-corrected chi connectivity index (χ2v) is 7.83. The zero-order chi connectivity index (χ0) is 18.3. The van der Waals surface area contributed by atoms with Gasteiger partial charge in [0.15, 0.2) is 0 Å². The van der Waals surface area contributed by atoms with Gasteiger partial charge in [-0.15, -0.1) is 0 Å². The van der Waals surface area contributed by atoms with Gasteiger partial charge in [-0.2, -0.15) is 5.10 Å². The molecule has 134 valence electrons. The van der Waals surface area contributed by atoms with Gasteiger partial charge in [-0.25, -0.2) is 0 Å². The van der Waals surface area contributed by atoms with Crippen LogP contribution in [-0.4, -0.2) is 42.8 Å². The summed E-state index contributed by atoms with van der Waals surface area (Å²) in [5.74, 6) is 0.285. The first kappa shape index (κ1) is 17.6. The normalized spacial score (nSPS) is 24.7. The zero-order valence-corrected chi connectivity index (χ0v) is 16.4. The second kappa shape index (κ2) is 7.07. The number of hydrogen-bond acceptors (Lipinski definition) is 3. The molecule has 0 bridgehead atoms. The molecular weight excluding hydrogens is 365 g/mol. The van der Waals surface area contributed by atoms with E-state index in [0.717, 1.165) is 40.0 Å². The van der Waals surface area contributed by atoms with Gasteiger partial charge in [-0.3, -0.25) is 5.01 Å². The monoisotopic (exact) mass is 385 g/mol. The lowest BCUT2D eigenvalue weighted by atomic mass is 9.83. The fourth-order valence-corrected chi connectivity index (χ4v) is 4.45. The Morgan fingerprint density at radius 3 is 2.42 bits per heavy atom. The molecule has 2 aromatic rings. The lowest BCUT2D eigenvalue weighted by Gasteiger charge is -2.34. The molecule has 0 spiro atoms. The number of nitrogens with zero attached hydrogens (tertiary/aromatic N) is 3. The number of hydrogen-bond donors (Lipinski definition) is 0. The maximum atomic E-state index is 6.50. The van der Waals surface area contributed by atoms with E-state index in [0.29, 0.717) is 0 Å². The maximum Gasteiger partial charge on any atom is 0.0827 e. The Bertz CT molecular complexity index is 890. The van der Waals surface area contributed by atoms with Crippen LogP contribution in [0.1, 0.15) is 17.2 Å². The van der Waals surface area contributed by atoms with Gasteiger partial charge in [0, 0.05) is 36.1 Å². The summed E-state index contributed by atoms with van der Waals surface area (Å²) in [5, 5.41) is 8.52. The second-order valence-electron chi connectivity index (χ2n) is 7.02. The largest absolute Gasteiger partial charge is 0.301 e. The molecule has 2 aliphatic heterocycles. The highest BCUT2D eigenvalue weighted by Crippen LogP contribution is 2.41. The predicted molar refractivity (Wildman–Crippen MR) is 110 cm³/mol. The molecule has 0 amide bonds. The number of fused-ring (bicyclic) bond motifs is 1. The highest BCUT2D eigenvalue weighted by Gasteiger charge is 2.42. The Kier molecular flexibility index (Phi) is 4.78. The summed E-state index contributed by atoms with van der Waals surface area (Å²) in [5.41, 5.74) is 4.53. The van der Waals surface area contributed by atoms with Gasteiger partial charge in [0.25, 0.3) is 0 Å². The summed E-state index contributed by atoms with van der Waals surface area (Å²) in [4.78, 5) is 2.34. The Balaban J connectivity index is 1.74. The predicted octanol–water partition coefficient (Wildman–Crippen LogP) is 4.98. The van der Waals surface area contributed by atoms with Crippen LogP contribution in [0, 0.1) is 5.92 Å². The third-order valence-electron chi connectivity index (χ3n) is 5.14. The van der Waals surface area contributed by atoms with Crippen molar-refractivity contribution in [3.8, 4) is 0 Å². The third-order valence-corrected chi connectivity index (χ3v) is 5.83. The molecule has 1 fully saturated rings. The van der Waals surface area contributed by atoms with Gasteiger partial charge in [-0.05, 0) is 42.0 Å². The van der Waals surface area contributed by atoms with Crippen molar-refractivity contribution in [1.29, 1.82) is 0 Å². The van der Waals surface area contributed by atoms with E-state index in [1.165, 1.54) is 5.57 Å². The number of rotatable bonds is 2. The molecule has 2 aromatic carbocycles. The molecule has 26 heavy (non-hydrogen) atoms. The highest BCUT2D eigenvalue weighted by atomic mass is 35.5. The quantitative estimate of drug-likeness (QED) is 0.725. The van der Waals surface area contributed by atoms with Crippen LogP contribution >= 0.6 is 23.2 Å². The molecule has 2 unspecified atom stereocenters. The van der Waals surface area contributed by atoms with Gasteiger partial charge in [0.1, 0.15) is 0 Å². The fraction of sp³-hybridized carbons (Fsp3) is 0.286. The summed E-state index contributed by atoms with van der Waals surface area (Å²) in [7, 11) is 4.19. The fourth-order valence-electron chi connectivity index (χ4n) is 4.01. The Hall–Kier alpha value is -1.81. The van der Waals surface area contributed by atoms with Crippen LogP contribution in [0.3, 0.4) is 0 Å². The van der Waals surface area contributed by atoms with Gasteiger partial charge < -0.3 is 4.90 Å². The number of benzene rings is 2. The van der Waals surface area contributed by atoms with E-state index in [1.807, 2.05) is 49.5 Å². The van der Waals surface area contributed by atoms with Crippen LogP contribution in [0.2, 0.25) is 10.0 Å². The molecule has 0 aliphatic carbocycles. The van der Waals surface area contributed by atoms with Crippen molar-refractivity contribution in [3.63, 3.8) is 0 Å². The van der Waals surface area contributed by atoms with E-state index in [4.69, 9.17) is 28.3 Å². The number of likely N-dealkylation sites (N-methyl/N-ethyl adjacent to an activating group) is 1. The molecule has 1 saturated heterocycles. The van der Waals surface area contributed by atoms with Crippen LogP contribution in [0.15, 0.2) is 59.2 Å². The number of hydrazone groups is 1. The summed E-state index contributed by atoms with van der Waals surface area (Å²) < 4.78 is 0. The van der Waals surface area contributed by atoms with E-state index in [1.54, 1.807) is 0 Å². The molecule has 3 nitrogen and oxygen atoms in total. The van der Waals surface area contributed by atoms with Gasteiger partial charge in [0.2, 0.25) is 0 Å². The van der Waals surface area contributed by atoms with E-state index >= 15 is 0 Å². The average Bonchev–Trinajstić information content (AvgIpc) is 2.93. The Labute approximate surface area is 164 Å². The first-order valence-electron chi connectivity index (χ1n) is 8.74. The summed E-state index contributed by atoms with van der Waals surface area (Å²) in [6.45, 7) is 1.82. The standard InChI is InChI=1S/C21H21Cl2N3/c1-25-12-15(11-14-7-3-5-9-18(14)22)20-17(13-25)21(26(2)24-20)16-8-4-6-10-19(16)23/h3-11,17,21H,12-13H2,1-2H3/b15-11+. The van der Waals surface area contributed by atoms with Crippen molar-refractivity contribution in [2.45, 2.75) is 6.04 Å². The lowest BCUT2D eigenvalue weighted by molar-refractivity contribution is 0.211. The molecule has 0 N–H and O–H groups in total. The van der Waals surface area contributed by atoms with Crippen LogP contribution < -0.4 is 0 Å². The summed E-state index contributed by atoms with van der Waals surface area (Å²) >= 11 is 12.9. The van der Waals surface area contributed by atoms with Crippen LogP contribution in [0.25, 0.3) is 6.08 Å². The molecule has 5 heteroatoms. The SMILES string of the molecule is CN1C/C(=C\c2ccccc2Cl)C2=NN(C)C(c3ccccc3Cl)C2C1.